The lowest BCUT2D eigenvalue weighted by Crippen LogP contribution is -2.30. The van der Waals surface area contributed by atoms with Crippen molar-refractivity contribution in [1.29, 1.82) is 0 Å². The highest BCUT2D eigenvalue weighted by Gasteiger charge is 2.38. The molecule has 0 aromatic carbocycles. The molecule has 0 saturated heterocycles. The van der Waals surface area contributed by atoms with E-state index < -0.39 is 18.0 Å². The standard InChI is InChI=1S/C14H20F3N3O/c1-4-21-11(8(2)3)13-19-10-7-18-6-5-9(10)12(20-13)14(15,16)17/h8,11,18H,4-7H2,1-3H3. The summed E-state index contributed by atoms with van der Waals surface area (Å²) in [6.07, 6.45) is -4.69. The van der Waals surface area contributed by atoms with Crippen LogP contribution in [0.2, 0.25) is 0 Å². The summed E-state index contributed by atoms with van der Waals surface area (Å²) < 4.78 is 45.3. The first-order chi connectivity index (χ1) is 9.84. The summed E-state index contributed by atoms with van der Waals surface area (Å²) in [4.78, 5) is 8.14. The maximum atomic E-state index is 13.3. The normalized spacial score (nSPS) is 16.9. The molecule has 0 amide bonds. The lowest BCUT2D eigenvalue weighted by Gasteiger charge is -2.25. The van der Waals surface area contributed by atoms with Crippen LogP contribution in [0, 0.1) is 5.92 Å². The predicted molar refractivity (Wildman–Crippen MR) is 71.6 cm³/mol. The smallest absolute Gasteiger partial charge is 0.370 e. The first-order valence-electron chi connectivity index (χ1n) is 7.13. The number of hydrogen-bond acceptors (Lipinski definition) is 4. The molecule has 1 aliphatic heterocycles. The van der Waals surface area contributed by atoms with Gasteiger partial charge in [0.05, 0.1) is 5.69 Å². The van der Waals surface area contributed by atoms with Crippen molar-refractivity contribution in [3.63, 3.8) is 0 Å². The van der Waals surface area contributed by atoms with E-state index in [1.165, 1.54) is 0 Å². The molecule has 1 aromatic heterocycles. The van der Waals surface area contributed by atoms with Gasteiger partial charge >= 0.3 is 6.18 Å². The molecule has 4 nitrogen and oxygen atoms in total. The summed E-state index contributed by atoms with van der Waals surface area (Å²) in [5.41, 5.74) is -0.165. The predicted octanol–water partition coefficient (Wildman–Crippen LogP) is 2.87. The maximum Gasteiger partial charge on any atom is 0.433 e. The third-order valence-corrected chi connectivity index (χ3v) is 3.43. The fourth-order valence-corrected chi connectivity index (χ4v) is 2.48. The lowest BCUT2D eigenvalue weighted by atomic mass is 10.0. The van der Waals surface area contributed by atoms with Crippen LogP contribution in [-0.4, -0.2) is 23.1 Å². The SMILES string of the molecule is CCOC(c1nc2c(c(C(F)(F)F)n1)CCNC2)C(C)C. The van der Waals surface area contributed by atoms with E-state index in [1.54, 1.807) is 6.92 Å². The van der Waals surface area contributed by atoms with Gasteiger partial charge in [-0.2, -0.15) is 13.2 Å². The minimum Gasteiger partial charge on any atom is -0.370 e. The van der Waals surface area contributed by atoms with E-state index in [4.69, 9.17) is 4.74 Å². The molecule has 2 rings (SSSR count). The molecular weight excluding hydrogens is 283 g/mol. The number of rotatable bonds is 4. The van der Waals surface area contributed by atoms with Crippen LogP contribution in [0.25, 0.3) is 0 Å². The van der Waals surface area contributed by atoms with Gasteiger partial charge in [0, 0.05) is 18.7 Å². The Balaban J connectivity index is 2.52. The number of alkyl halides is 3. The highest BCUT2D eigenvalue weighted by molar-refractivity contribution is 5.30. The van der Waals surface area contributed by atoms with Gasteiger partial charge < -0.3 is 10.1 Å². The zero-order valence-corrected chi connectivity index (χ0v) is 12.4. The van der Waals surface area contributed by atoms with Gasteiger partial charge in [0.25, 0.3) is 0 Å². The number of nitrogens with one attached hydrogen (secondary N) is 1. The molecule has 1 atom stereocenters. The average Bonchev–Trinajstić information content (AvgIpc) is 2.42. The molecule has 1 unspecified atom stereocenters. The van der Waals surface area contributed by atoms with Crippen LogP contribution in [-0.2, 0) is 23.9 Å². The monoisotopic (exact) mass is 303 g/mol. The van der Waals surface area contributed by atoms with Gasteiger partial charge in [-0.15, -0.1) is 0 Å². The van der Waals surface area contributed by atoms with Crippen LogP contribution >= 0.6 is 0 Å². The molecule has 0 bridgehead atoms. The Morgan fingerprint density at radius 1 is 1.29 bits per heavy atom. The van der Waals surface area contributed by atoms with Crippen molar-refractivity contribution < 1.29 is 17.9 Å². The quantitative estimate of drug-likeness (QED) is 0.929. The number of aromatic nitrogens is 2. The first kappa shape index (κ1) is 16.2. The van der Waals surface area contributed by atoms with Gasteiger partial charge in [-0.1, -0.05) is 13.8 Å². The van der Waals surface area contributed by atoms with Crippen molar-refractivity contribution in [2.75, 3.05) is 13.2 Å². The van der Waals surface area contributed by atoms with Crippen LogP contribution in [0.3, 0.4) is 0 Å². The van der Waals surface area contributed by atoms with E-state index in [2.05, 4.69) is 15.3 Å². The molecule has 7 heteroatoms. The minimum atomic E-state index is -4.47. The zero-order valence-electron chi connectivity index (χ0n) is 12.4. The fourth-order valence-electron chi connectivity index (χ4n) is 2.48. The van der Waals surface area contributed by atoms with Gasteiger partial charge in [0.2, 0.25) is 0 Å². The van der Waals surface area contributed by atoms with Crippen LogP contribution in [0.5, 0.6) is 0 Å². The molecule has 1 N–H and O–H groups in total. The van der Waals surface area contributed by atoms with Crippen molar-refractivity contribution in [1.82, 2.24) is 15.3 Å². The van der Waals surface area contributed by atoms with Gasteiger partial charge in [0.15, 0.2) is 11.5 Å². The lowest BCUT2D eigenvalue weighted by molar-refractivity contribution is -0.142. The summed E-state index contributed by atoms with van der Waals surface area (Å²) in [6, 6.07) is 0. The molecule has 0 aliphatic carbocycles. The van der Waals surface area contributed by atoms with E-state index in [1.807, 2.05) is 13.8 Å². The highest BCUT2D eigenvalue weighted by atomic mass is 19.4. The summed E-state index contributed by atoms with van der Waals surface area (Å²) in [6.45, 7) is 6.83. The molecule has 0 fully saturated rings. The van der Waals surface area contributed by atoms with Crippen LogP contribution < -0.4 is 5.32 Å². The molecule has 0 saturated carbocycles. The van der Waals surface area contributed by atoms with E-state index in [0.29, 0.717) is 31.8 Å². The minimum absolute atomic E-state index is 0.000586. The van der Waals surface area contributed by atoms with Crippen molar-refractivity contribution in [3.8, 4) is 0 Å². The van der Waals surface area contributed by atoms with Crippen molar-refractivity contribution in [2.24, 2.45) is 5.92 Å². The Bertz CT molecular complexity index is 503. The molecule has 2 heterocycles. The zero-order chi connectivity index (χ0) is 15.6. The summed E-state index contributed by atoms with van der Waals surface area (Å²) in [5, 5.41) is 3.05. The van der Waals surface area contributed by atoms with E-state index in [-0.39, 0.29) is 17.3 Å². The number of ether oxygens (including phenoxy) is 1. The maximum absolute atomic E-state index is 13.3. The van der Waals surface area contributed by atoms with Gasteiger partial charge in [0.1, 0.15) is 6.10 Å². The number of nitrogens with zero attached hydrogens (tertiary/aromatic N) is 2. The first-order valence-corrected chi connectivity index (χ1v) is 7.13. The van der Waals surface area contributed by atoms with Crippen LogP contribution in [0.1, 0.15) is 49.7 Å². The second-order valence-corrected chi connectivity index (χ2v) is 5.40. The van der Waals surface area contributed by atoms with Crippen molar-refractivity contribution >= 4 is 0 Å². The Kier molecular flexibility index (Phi) is 4.83. The van der Waals surface area contributed by atoms with Gasteiger partial charge in [-0.3, -0.25) is 0 Å². The summed E-state index contributed by atoms with van der Waals surface area (Å²) in [7, 11) is 0. The molecule has 21 heavy (non-hydrogen) atoms. The van der Waals surface area contributed by atoms with E-state index in [9.17, 15) is 13.2 Å². The third-order valence-electron chi connectivity index (χ3n) is 3.43. The van der Waals surface area contributed by atoms with Crippen LogP contribution in [0.4, 0.5) is 13.2 Å². The summed E-state index contributed by atoms with van der Waals surface area (Å²) in [5.74, 6) is 0.127. The molecule has 0 radical (unpaired) electrons. The average molecular weight is 303 g/mol. The Labute approximate surface area is 122 Å². The van der Waals surface area contributed by atoms with Crippen LogP contribution in [0.15, 0.2) is 0 Å². The molecular formula is C14H20F3N3O. The summed E-state index contributed by atoms with van der Waals surface area (Å²) >= 11 is 0. The second-order valence-electron chi connectivity index (χ2n) is 5.40. The molecule has 1 aliphatic rings. The fraction of sp³-hybridized carbons (Fsp3) is 0.714. The second kappa shape index (κ2) is 6.27. The van der Waals surface area contributed by atoms with Gasteiger partial charge in [-0.25, -0.2) is 9.97 Å². The van der Waals surface area contributed by atoms with Crippen molar-refractivity contribution in [3.05, 3.63) is 22.8 Å². The molecule has 118 valence electrons. The number of halogens is 3. The molecule has 1 aromatic rings. The Hall–Kier alpha value is -1.21. The van der Waals surface area contributed by atoms with Gasteiger partial charge in [-0.05, 0) is 25.8 Å². The van der Waals surface area contributed by atoms with Crippen molar-refractivity contribution in [2.45, 2.75) is 46.0 Å². The van der Waals surface area contributed by atoms with E-state index in [0.717, 1.165) is 0 Å². The van der Waals surface area contributed by atoms with E-state index >= 15 is 0 Å². The topological polar surface area (TPSA) is 47.0 Å². The Morgan fingerprint density at radius 2 is 2.00 bits per heavy atom. The molecule has 0 spiro atoms. The number of fused-ring (bicyclic) bond motifs is 1. The number of hydrogen-bond donors (Lipinski definition) is 1. The Morgan fingerprint density at radius 3 is 2.57 bits per heavy atom. The largest absolute Gasteiger partial charge is 0.433 e. The third kappa shape index (κ3) is 3.52. The highest BCUT2D eigenvalue weighted by Crippen LogP contribution is 2.34.